The highest BCUT2D eigenvalue weighted by Crippen LogP contribution is 2.17. The fraction of sp³-hybridized carbons (Fsp3) is 0.941. The van der Waals surface area contributed by atoms with E-state index in [-0.39, 0.29) is 11.9 Å². The van der Waals surface area contributed by atoms with Crippen molar-refractivity contribution in [3.05, 3.63) is 0 Å². The van der Waals surface area contributed by atoms with E-state index in [1.54, 1.807) is 0 Å². The summed E-state index contributed by atoms with van der Waals surface area (Å²) in [5.74, 6) is 0.946. The molecule has 1 aliphatic carbocycles. The molecule has 0 bridgehead atoms. The maximum absolute atomic E-state index is 12.2. The average Bonchev–Trinajstić information content (AvgIpc) is 2.39. The molecule has 0 radical (unpaired) electrons. The summed E-state index contributed by atoms with van der Waals surface area (Å²) in [4.78, 5) is 12.2. The Kier molecular flexibility index (Phi) is 8.20. The summed E-state index contributed by atoms with van der Waals surface area (Å²) in [6.45, 7) is 8.69. The van der Waals surface area contributed by atoms with Crippen LogP contribution in [0.1, 0.15) is 79.1 Å². The Bertz CT molecular complexity index is 272. The first kappa shape index (κ1) is 17.5. The van der Waals surface area contributed by atoms with E-state index in [0.717, 1.165) is 25.2 Å². The summed E-state index contributed by atoms with van der Waals surface area (Å²) in [6, 6.07) is 0.753. The first-order chi connectivity index (χ1) is 9.49. The minimum atomic E-state index is -0.0778. The van der Waals surface area contributed by atoms with Gasteiger partial charge in [-0.25, -0.2) is 0 Å². The van der Waals surface area contributed by atoms with Gasteiger partial charge in [0.1, 0.15) is 0 Å². The predicted molar refractivity (Wildman–Crippen MR) is 85.8 cm³/mol. The van der Waals surface area contributed by atoms with Crippen molar-refractivity contribution in [2.75, 3.05) is 0 Å². The van der Waals surface area contributed by atoms with E-state index in [1.807, 2.05) is 6.92 Å². The minimum Gasteiger partial charge on any atom is -0.352 e. The van der Waals surface area contributed by atoms with Gasteiger partial charge in [0.25, 0.3) is 0 Å². The molecule has 0 saturated heterocycles. The molecule has 1 amide bonds. The van der Waals surface area contributed by atoms with Gasteiger partial charge in [-0.3, -0.25) is 4.79 Å². The Labute approximate surface area is 125 Å². The van der Waals surface area contributed by atoms with E-state index in [0.29, 0.717) is 12.1 Å². The van der Waals surface area contributed by atoms with Gasteiger partial charge >= 0.3 is 0 Å². The molecule has 1 rings (SSSR count). The van der Waals surface area contributed by atoms with Crippen LogP contribution < -0.4 is 10.6 Å². The van der Waals surface area contributed by atoms with Gasteiger partial charge in [-0.2, -0.15) is 0 Å². The topological polar surface area (TPSA) is 41.1 Å². The van der Waals surface area contributed by atoms with Crippen LogP contribution in [0, 0.1) is 5.92 Å². The van der Waals surface area contributed by atoms with Crippen molar-refractivity contribution in [2.45, 2.75) is 97.2 Å². The molecule has 2 unspecified atom stereocenters. The van der Waals surface area contributed by atoms with Gasteiger partial charge in [0.2, 0.25) is 5.91 Å². The van der Waals surface area contributed by atoms with Gasteiger partial charge in [-0.05, 0) is 39.0 Å². The Morgan fingerprint density at radius 2 is 1.70 bits per heavy atom. The molecule has 0 spiro atoms. The lowest BCUT2D eigenvalue weighted by molar-refractivity contribution is -0.123. The van der Waals surface area contributed by atoms with Crippen LogP contribution in [0.5, 0.6) is 0 Å². The summed E-state index contributed by atoms with van der Waals surface area (Å²) in [6.07, 6.45) is 9.82. The largest absolute Gasteiger partial charge is 0.352 e. The van der Waals surface area contributed by atoms with Crippen molar-refractivity contribution < 1.29 is 4.79 Å². The van der Waals surface area contributed by atoms with Crippen molar-refractivity contribution in [3.8, 4) is 0 Å². The number of carbonyl (C=O) groups excluding carboxylic acids is 1. The quantitative estimate of drug-likeness (QED) is 0.714. The zero-order valence-corrected chi connectivity index (χ0v) is 13.9. The van der Waals surface area contributed by atoms with Crippen molar-refractivity contribution in [1.82, 2.24) is 10.6 Å². The molecule has 118 valence electrons. The van der Waals surface area contributed by atoms with Gasteiger partial charge in [0.05, 0.1) is 6.04 Å². The standard InChI is InChI=1S/C17H34N2O/c1-13(2)9-8-10-14(3)18-15(4)17(20)19-16-11-6-5-7-12-16/h13-16,18H,5-12H2,1-4H3,(H,19,20). The molecule has 0 aromatic carbocycles. The zero-order chi connectivity index (χ0) is 15.0. The summed E-state index contributed by atoms with van der Waals surface area (Å²) in [5.41, 5.74) is 0. The molecule has 0 aliphatic heterocycles. The molecule has 1 aliphatic rings. The maximum atomic E-state index is 12.2. The Morgan fingerprint density at radius 1 is 1.05 bits per heavy atom. The lowest BCUT2D eigenvalue weighted by atomic mass is 9.95. The molecular formula is C17H34N2O. The number of hydrogen-bond acceptors (Lipinski definition) is 2. The first-order valence-electron chi connectivity index (χ1n) is 8.55. The predicted octanol–water partition coefficient (Wildman–Crippen LogP) is 3.63. The maximum Gasteiger partial charge on any atom is 0.237 e. The summed E-state index contributed by atoms with van der Waals surface area (Å²) in [7, 11) is 0. The van der Waals surface area contributed by atoms with Crippen molar-refractivity contribution >= 4 is 5.91 Å². The number of rotatable bonds is 8. The van der Waals surface area contributed by atoms with E-state index in [9.17, 15) is 4.79 Å². The zero-order valence-electron chi connectivity index (χ0n) is 13.9. The molecule has 2 N–H and O–H groups in total. The normalized spacial score (nSPS) is 19.9. The van der Waals surface area contributed by atoms with Crippen LogP contribution in [0.25, 0.3) is 0 Å². The minimum absolute atomic E-state index is 0.0778. The first-order valence-corrected chi connectivity index (χ1v) is 8.55. The third kappa shape index (κ3) is 7.28. The summed E-state index contributed by atoms with van der Waals surface area (Å²) < 4.78 is 0. The molecule has 1 saturated carbocycles. The van der Waals surface area contributed by atoms with Crippen molar-refractivity contribution in [1.29, 1.82) is 0 Å². The van der Waals surface area contributed by atoms with Gasteiger partial charge in [0.15, 0.2) is 0 Å². The number of amides is 1. The number of carbonyl (C=O) groups is 1. The van der Waals surface area contributed by atoms with Crippen LogP contribution in [-0.4, -0.2) is 24.0 Å². The van der Waals surface area contributed by atoms with Crippen molar-refractivity contribution in [2.24, 2.45) is 5.92 Å². The van der Waals surface area contributed by atoms with Crippen molar-refractivity contribution in [3.63, 3.8) is 0 Å². The number of nitrogens with one attached hydrogen (secondary N) is 2. The molecule has 0 aromatic heterocycles. The van der Waals surface area contributed by atoms with Crippen LogP contribution in [-0.2, 0) is 4.79 Å². The van der Waals surface area contributed by atoms with E-state index in [2.05, 4.69) is 31.4 Å². The van der Waals surface area contributed by atoms with Crippen LogP contribution >= 0.6 is 0 Å². The highest BCUT2D eigenvalue weighted by molar-refractivity contribution is 5.81. The van der Waals surface area contributed by atoms with E-state index in [1.165, 1.54) is 32.1 Å². The Hall–Kier alpha value is -0.570. The molecule has 1 fully saturated rings. The number of hydrogen-bond donors (Lipinski definition) is 2. The van der Waals surface area contributed by atoms with Crippen LogP contribution in [0.15, 0.2) is 0 Å². The van der Waals surface area contributed by atoms with Gasteiger partial charge in [-0.15, -0.1) is 0 Å². The molecule has 0 aromatic rings. The SMILES string of the molecule is CC(C)CCCC(C)NC(C)C(=O)NC1CCCCC1. The third-order valence-electron chi connectivity index (χ3n) is 4.30. The second kappa shape index (κ2) is 9.38. The molecule has 0 heterocycles. The molecular weight excluding hydrogens is 248 g/mol. The fourth-order valence-corrected chi connectivity index (χ4v) is 2.99. The van der Waals surface area contributed by atoms with Crippen LogP contribution in [0.3, 0.4) is 0 Å². The van der Waals surface area contributed by atoms with E-state index < -0.39 is 0 Å². The third-order valence-corrected chi connectivity index (χ3v) is 4.30. The van der Waals surface area contributed by atoms with Crippen LogP contribution in [0.4, 0.5) is 0 Å². The fourth-order valence-electron chi connectivity index (χ4n) is 2.99. The van der Waals surface area contributed by atoms with Crippen LogP contribution in [0.2, 0.25) is 0 Å². The van der Waals surface area contributed by atoms with Gasteiger partial charge in [0, 0.05) is 12.1 Å². The Balaban J connectivity index is 2.19. The van der Waals surface area contributed by atoms with Gasteiger partial charge in [-0.1, -0.05) is 46.0 Å². The smallest absolute Gasteiger partial charge is 0.237 e. The lowest BCUT2D eigenvalue weighted by Gasteiger charge is -2.26. The monoisotopic (exact) mass is 282 g/mol. The lowest BCUT2D eigenvalue weighted by Crippen LogP contribution is -2.49. The molecule has 20 heavy (non-hydrogen) atoms. The molecule has 2 atom stereocenters. The summed E-state index contributed by atoms with van der Waals surface area (Å²) >= 11 is 0. The Morgan fingerprint density at radius 3 is 2.30 bits per heavy atom. The highest BCUT2D eigenvalue weighted by Gasteiger charge is 2.20. The second-order valence-corrected chi connectivity index (χ2v) is 6.96. The average molecular weight is 282 g/mol. The van der Waals surface area contributed by atoms with Gasteiger partial charge < -0.3 is 10.6 Å². The van der Waals surface area contributed by atoms with E-state index in [4.69, 9.17) is 0 Å². The van der Waals surface area contributed by atoms with E-state index >= 15 is 0 Å². The second-order valence-electron chi connectivity index (χ2n) is 6.96. The summed E-state index contributed by atoms with van der Waals surface area (Å²) in [5, 5.41) is 6.63. The molecule has 3 nitrogen and oxygen atoms in total. The highest BCUT2D eigenvalue weighted by atomic mass is 16.2. The molecule has 3 heteroatoms.